The molecule has 4 heterocycles. The van der Waals surface area contributed by atoms with E-state index in [-0.39, 0.29) is 17.7 Å². The summed E-state index contributed by atoms with van der Waals surface area (Å²) in [5.74, 6) is 1.50. The van der Waals surface area contributed by atoms with Crippen molar-refractivity contribution in [3.8, 4) is 22.8 Å². The van der Waals surface area contributed by atoms with Crippen LogP contribution in [-0.4, -0.2) is 67.0 Å². The number of amides is 1. The summed E-state index contributed by atoms with van der Waals surface area (Å²) in [6.07, 6.45) is 0.587. The number of anilines is 2. The number of benzene rings is 2. The van der Waals surface area contributed by atoms with Crippen LogP contribution in [0.15, 0.2) is 63.1 Å². The van der Waals surface area contributed by atoms with Crippen molar-refractivity contribution in [1.29, 1.82) is 0 Å². The molecule has 1 aromatic heterocycles. The Hall–Kier alpha value is -3.63. The third-order valence-electron chi connectivity index (χ3n) is 7.06. The summed E-state index contributed by atoms with van der Waals surface area (Å²) in [5, 5.41) is 3.57. The van der Waals surface area contributed by atoms with Gasteiger partial charge >= 0.3 is 6.09 Å². The maximum atomic E-state index is 12.6. The van der Waals surface area contributed by atoms with Gasteiger partial charge in [0.2, 0.25) is 5.56 Å². The normalized spacial score (nSPS) is 18.5. The summed E-state index contributed by atoms with van der Waals surface area (Å²) in [6, 6.07) is 15.9. The molecule has 0 aliphatic carbocycles. The molecule has 0 radical (unpaired) electrons. The van der Waals surface area contributed by atoms with Gasteiger partial charge in [-0.15, -0.1) is 0 Å². The van der Waals surface area contributed by atoms with E-state index in [1.165, 1.54) is 0 Å². The van der Waals surface area contributed by atoms with Gasteiger partial charge in [-0.3, -0.25) is 4.79 Å². The van der Waals surface area contributed by atoms with Crippen LogP contribution in [0.1, 0.15) is 27.2 Å². The molecule has 3 aliphatic heterocycles. The molecule has 9 nitrogen and oxygen atoms in total. The number of carbonyl (C=O) groups is 1. The lowest BCUT2D eigenvalue weighted by Gasteiger charge is -2.29. The first-order chi connectivity index (χ1) is 19.2. The molecule has 2 saturated heterocycles. The van der Waals surface area contributed by atoms with E-state index in [2.05, 4.69) is 21.3 Å². The van der Waals surface area contributed by atoms with Crippen LogP contribution in [0.3, 0.4) is 0 Å². The molecule has 40 heavy (non-hydrogen) atoms. The fourth-order valence-electron chi connectivity index (χ4n) is 5.19. The first-order valence-electron chi connectivity index (χ1n) is 13.7. The van der Waals surface area contributed by atoms with Gasteiger partial charge < -0.3 is 34.3 Å². The largest absolute Gasteiger partial charge is 0.454 e. The Morgan fingerprint density at radius 2 is 1.90 bits per heavy atom. The number of ether oxygens (including phenoxy) is 3. The average Bonchev–Trinajstić information content (AvgIpc) is 3.39. The number of nitrogens with one attached hydrogen (secondary N) is 2. The quantitative estimate of drug-likeness (QED) is 0.334. The number of hydrogen-bond donors (Lipinski definition) is 2. The third kappa shape index (κ3) is 5.78. The van der Waals surface area contributed by atoms with E-state index in [0.29, 0.717) is 26.3 Å². The molecular formula is C30H34N4O5S. The summed E-state index contributed by atoms with van der Waals surface area (Å²) in [6.45, 7) is 9.73. The minimum absolute atomic E-state index is 0.145. The van der Waals surface area contributed by atoms with Gasteiger partial charge in [-0.2, -0.15) is 0 Å². The second kappa shape index (κ2) is 10.7. The topological polar surface area (TPSA) is 96.1 Å². The molecular weight excluding hydrogens is 528 g/mol. The second-order valence-corrected chi connectivity index (χ2v) is 12.4. The van der Waals surface area contributed by atoms with Crippen LogP contribution in [0.5, 0.6) is 11.5 Å². The number of carbonyl (C=O) groups excluding carboxylic acids is 1. The summed E-state index contributed by atoms with van der Waals surface area (Å²) in [5.41, 5.74) is 2.79. The highest BCUT2D eigenvalue weighted by atomic mass is 32.2. The molecule has 1 atom stereocenters. The second-order valence-electron chi connectivity index (χ2n) is 11.3. The smallest absolute Gasteiger partial charge is 0.410 e. The Morgan fingerprint density at radius 3 is 2.70 bits per heavy atom. The van der Waals surface area contributed by atoms with Crippen molar-refractivity contribution in [2.24, 2.45) is 0 Å². The lowest BCUT2D eigenvalue weighted by molar-refractivity contribution is 0.0293. The van der Waals surface area contributed by atoms with Crippen molar-refractivity contribution in [3.05, 3.63) is 58.9 Å². The van der Waals surface area contributed by atoms with E-state index < -0.39 is 5.60 Å². The first-order valence-corrected chi connectivity index (χ1v) is 14.5. The molecule has 2 fully saturated rings. The molecule has 1 unspecified atom stereocenters. The minimum Gasteiger partial charge on any atom is -0.454 e. The Kier molecular flexibility index (Phi) is 7.14. The number of pyridine rings is 1. The lowest BCUT2D eigenvalue weighted by atomic mass is 10.1. The molecule has 2 aromatic carbocycles. The number of fused-ring (bicyclic) bond motifs is 2. The number of para-hydroxylation sites is 1. The van der Waals surface area contributed by atoms with E-state index in [1.54, 1.807) is 22.7 Å². The Morgan fingerprint density at radius 1 is 1.07 bits per heavy atom. The summed E-state index contributed by atoms with van der Waals surface area (Å²) < 4.78 is 17.4. The van der Waals surface area contributed by atoms with Crippen LogP contribution >= 0.6 is 11.8 Å². The standard InChI is InChI=1S/C30H34N4O5S/c1-30(2,3)39-29(36)34-10-9-20(18-34)31-19-7-8-24-26(15-19)40-25-6-4-5-22(28(25)38-24)23-16-21(17-27(35)32-23)33-11-13-37-14-12-33/h4-8,15-17,20,31H,9-14,18H2,1-3H3,(H,32,35). The molecule has 0 bridgehead atoms. The number of H-pyrrole nitrogens is 1. The molecule has 210 valence electrons. The highest BCUT2D eigenvalue weighted by Crippen LogP contribution is 2.51. The highest BCUT2D eigenvalue weighted by Gasteiger charge is 2.30. The SMILES string of the molecule is CC(C)(C)OC(=O)N1CCC(Nc2ccc3c(c2)Sc2cccc(-c4cc(N5CCOCC5)cc(=O)[nH]4)c2O3)C1. The van der Waals surface area contributed by atoms with Gasteiger partial charge in [0.1, 0.15) is 11.4 Å². The predicted molar refractivity (Wildman–Crippen MR) is 156 cm³/mol. The third-order valence-corrected chi connectivity index (χ3v) is 8.14. The Balaban J connectivity index is 1.18. The number of aromatic amines is 1. The lowest BCUT2D eigenvalue weighted by Crippen LogP contribution is -2.36. The summed E-state index contributed by atoms with van der Waals surface area (Å²) >= 11 is 1.64. The number of nitrogens with zero attached hydrogens (tertiary/aromatic N) is 2. The van der Waals surface area contributed by atoms with Gasteiger partial charge in [0.05, 0.1) is 28.7 Å². The monoisotopic (exact) mass is 562 g/mol. The van der Waals surface area contributed by atoms with Crippen LogP contribution in [0.4, 0.5) is 16.2 Å². The molecule has 3 aromatic rings. The number of likely N-dealkylation sites (tertiary alicyclic amines) is 1. The first kappa shape index (κ1) is 26.6. The van der Waals surface area contributed by atoms with Crippen molar-refractivity contribution in [2.45, 2.75) is 48.6 Å². The Bertz CT molecular complexity index is 1480. The van der Waals surface area contributed by atoms with Gasteiger partial charge in [-0.25, -0.2) is 4.79 Å². The van der Waals surface area contributed by atoms with E-state index in [4.69, 9.17) is 14.2 Å². The maximum Gasteiger partial charge on any atom is 0.410 e. The molecule has 1 amide bonds. The van der Waals surface area contributed by atoms with E-state index in [0.717, 1.165) is 63.4 Å². The molecule has 6 rings (SSSR count). The predicted octanol–water partition coefficient (Wildman–Crippen LogP) is 5.56. The average molecular weight is 563 g/mol. The summed E-state index contributed by atoms with van der Waals surface area (Å²) in [4.78, 5) is 34.0. The number of aromatic nitrogens is 1. The maximum absolute atomic E-state index is 12.6. The molecule has 3 aliphatic rings. The van der Waals surface area contributed by atoms with E-state index in [1.807, 2.05) is 57.2 Å². The van der Waals surface area contributed by atoms with Crippen molar-refractivity contribution in [3.63, 3.8) is 0 Å². The van der Waals surface area contributed by atoms with Gasteiger partial charge in [-0.05, 0) is 63.6 Å². The van der Waals surface area contributed by atoms with E-state index >= 15 is 0 Å². The molecule has 10 heteroatoms. The van der Waals surface area contributed by atoms with Crippen LogP contribution in [0, 0.1) is 0 Å². The Labute approximate surface area is 237 Å². The number of hydrogen-bond acceptors (Lipinski definition) is 8. The van der Waals surface area contributed by atoms with Crippen LogP contribution in [-0.2, 0) is 9.47 Å². The molecule has 0 saturated carbocycles. The van der Waals surface area contributed by atoms with Gasteiger partial charge in [0.25, 0.3) is 0 Å². The van der Waals surface area contributed by atoms with Crippen molar-refractivity contribution in [1.82, 2.24) is 9.88 Å². The zero-order valence-corrected chi connectivity index (χ0v) is 23.8. The van der Waals surface area contributed by atoms with Crippen molar-refractivity contribution in [2.75, 3.05) is 49.6 Å². The number of morpholine rings is 1. The zero-order valence-electron chi connectivity index (χ0n) is 23.0. The summed E-state index contributed by atoms with van der Waals surface area (Å²) in [7, 11) is 0. The molecule has 0 spiro atoms. The van der Waals surface area contributed by atoms with Gasteiger partial charge in [0.15, 0.2) is 5.75 Å². The van der Waals surface area contributed by atoms with Crippen molar-refractivity contribution >= 4 is 29.2 Å². The van der Waals surface area contributed by atoms with Gasteiger partial charge in [0, 0.05) is 55.2 Å². The van der Waals surface area contributed by atoms with Crippen LogP contribution in [0.2, 0.25) is 0 Å². The minimum atomic E-state index is -0.505. The van der Waals surface area contributed by atoms with Crippen LogP contribution in [0.25, 0.3) is 11.3 Å². The number of rotatable bonds is 4. The van der Waals surface area contributed by atoms with E-state index in [9.17, 15) is 9.59 Å². The van der Waals surface area contributed by atoms with Crippen molar-refractivity contribution < 1.29 is 19.0 Å². The van der Waals surface area contributed by atoms with Gasteiger partial charge in [-0.1, -0.05) is 17.8 Å². The zero-order chi connectivity index (χ0) is 27.9. The fraction of sp³-hybridized carbons (Fsp3) is 0.400. The van der Waals surface area contributed by atoms with Crippen LogP contribution < -0.4 is 20.5 Å². The highest BCUT2D eigenvalue weighted by molar-refractivity contribution is 7.99. The fourth-order valence-corrected chi connectivity index (χ4v) is 6.21. The molecule has 2 N–H and O–H groups in total.